The Balaban J connectivity index is 1.53. The highest BCUT2D eigenvalue weighted by atomic mass is 16.4. The van der Waals surface area contributed by atoms with Crippen LogP contribution in [-0.2, 0) is 11.2 Å². The quantitative estimate of drug-likeness (QED) is 0.861. The largest absolute Gasteiger partial charge is 0.426 e. The van der Waals surface area contributed by atoms with Crippen LogP contribution in [0.1, 0.15) is 29.3 Å². The Bertz CT molecular complexity index is 718. The van der Waals surface area contributed by atoms with Gasteiger partial charge in [-0.15, -0.1) is 10.2 Å². The van der Waals surface area contributed by atoms with E-state index in [0.29, 0.717) is 24.6 Å². The lowest BCUT2D eigenvalue weighted by Crippen LogP contribution is -2.49. The normalized spacial score (nSPS) is 15.0. The average molecular weight is 328 g/mol. The van der Waals surface area contributed by atoms with E-state index in [9.17, 15) is 4.79 Å². The standard InChI is InChI=1S/C18H24N4O2/c1-13-5-4-6-16(14(13)2)21-9-11-22(12-10-21)18(23)8-7-17-20-19-15(3)24-17/h4-6H,7-12H2,1-3H3. The van der Waals surface area contributed by atoms with E-state index < -0.39 is 0 Å². The molecule has 1 amide bonds. The zero-order chi connectivity index (χ0) is 17.1. The first-order chi connectivity index (χ1) is 11.5. The molecule has 6 heteroatoms. The van der Waals surface area contributed by atoms with Crippen LogP contribution < -0.4 is 4.90 Å². The predicted octanol–water partition coefficient (Wildman–Crippen LogP) is 2.28. The van der Waals surface area contributed by atoms with Crippen molar-refractivity contribution in [2.75, 3.05) is 31.1 Å². The molecule has 6 nitrogen and oxygen atoms in total. The molecule has 1 fully saturated rings. The molecule has 128 valence electrons. The van der Waals surface area contributed by atoms with Gasteiger partial charge in [-0.05, 0) is 31.0 Å². The van der Waals surface area contributed by atoms with Gasteiger partial charge in [0, 0.05) is 51.6 Å². The minimum Gasteiger partial charge on any atom is -0.426 e. The summed E-state index contributed by atoms with van der Waals surface area (Å²) in [5.41, 5.74) is 3.91. The maximum Gasteiger partial charge on any atom is 0.223 e. The van der Waals surface area contributed by atoms with Crippen molar-refractivity contribution < 1.29 is 9.21 Å². The van der Waals surface area contributed by atoms with Crippen LogP contribution in [0.25, 0.3) is 0 Å². The molecule has 0 saturated carbocycles. The summed E-state index contributed by atoms with van der Waals surface area (Å²) >= 11 is 0. The van der Waals surface area contributed by atoms with Gasteiger partial charge in [-0.25, -0.2) is 0 Å². The summed E-state index contributed by atoms with van der Waals surface area (Å²) in [6.07, 6.45) is 0.933. The van der Waals surface area contributed by atoms with Crippen LogP contribution >= 0.6 is 0 Å². The third-order valence-corrected chi connectivity index (χ3v) is 4.67. The third kappa shape index (κ3) is 3.58. The Hall–Kier alpha value is -2.37. The zero-order valence-electron chi connectivity index (χ0n) is 14.6. The molecule has 0 bridgehead atoms. The minimum atomic E-state index is 0.159. The molecule has 2 aromatic rings. The van der Waals surface area contributed by atoms with Crippen molar-refractivity contribution in [1.29, 1.82) is 0 Å². The molecule has 0 unspecified atom stereocenters. The van der Waals surface area contributed by atoms with Crippen molar-refractivity contribution in [2.45, 2.75) is 33.6 Å². The molecular weight excluding hydrogens is 304 g/mol. The van der Waals surface area contributed by atoms with Gasteiger partial charge >= 0.3 is 0 Å². The lowest BCUT2D eigenvalue weighted by atomic mass is 10.1. The molecule has 1 aromatic heterocycles. The van der Waals surface area contributed by atoms with E-state index >= 15 is 0 Å². The Morgan fingerprint density at radius 2 is 1.88 bits per heavy atom. The topological polar surface area (TPSA) is 62.5 Å². The second kappa shape index (κ2) is 7.03. The van der Waals surface area contributed by atoms with Gasteiger partial charge in [-0.2, -0.15) is 0 Å². The molecule has 1 aliphatic heterocycles. The van der Waals surface area contributed by atoms with E-state index in [2.05, 4.69) is 47.1 Å². The fraction of sp³-hybridized carbons (Fsp3) is 0.500. The minimum absolute atomic E-state index is 0.159. The molecule has 1 saturated heterocycles. The summed E-state index contributed by atoms with van der Waals surface area (Å²) in [6.45, 7) is 9.31. The van der Waals surface area contributed by atoms with E-state index in [0.717, 1.165) is 26.2 Å². The summed E-state index contributed by atoms with van der Waals surface area (Å²) in [4.78, 5) is 16.7. The fourth-order valence-electron chi connectivity index (χ4n) is 3.09. The molecule has 0 aliphatic carbocycles. The van der Waals surface area contributed by atoms with Crippen LogP contribution in [0.15, 0.2) is 22.6 Å². The van der Waals surface area contributed by atoms with Gasteiger partial charge in [0.2, 0.25) is 17.7 Å². The Morgan fingerprint density at radius 1 is 1.12 bits per heavy atom. The van der Waals surface area contributed by atoms with Crippen molar-refractivity contribution in [3.8, 4) is 0 Å². The molecule has 0 N–H and O–H groups in total. The highest BCUT2D eigenvalue weighted by molar-refractivity contribution is 5.76. The zero-order valence-corrected chi connectivity index (χ0v) is 14.6. The monoisotopic (exact) mass is 328 g/mol. The summed E-state index contributed by atoms with van der Waals surface area (Å²) in [7, 11) is 0. The Labute approximate surface area is 142 Å². The van der Waals surface area contributed by atoms with Crippen LogP contribution in [0.4, 0.5) is 5.69 Å². The van der Waals surface area contributed by atoms with Crippen molar-refractivity contribution in [2.24, 2.45) is 0 Å². The lowest BCUT2D eigenvalue weighted by molar-refractivity contribution is -0.131. The molecule has 2 heterocycles. The van der Waals surface area contributed by atoms with Crippen LogP contribution in [0.3, 0.4) is 0 Å². The molecular formula is C18H24N4O2. The molecule has 0 spiro atoms. The summed E-state index contributed by atoms with van der Waals surface area (Å²) < 4.78 is 5.32. The van der Waals surface area contributed by atoms with Gasteiger partial charge in [-0.3, -0.25) is 4.79 Å². The first-order valence-electron chi connectivity index (χ1n) is 8.42. The number of carbonyl (C=O) groups excluding carboxylic acids is 1. The van der Waals surface area contributed by atoms with Crippen LogP contribution in [0, 0.1) is 20.8 Å². The fourth-order valence-corrected chi connectivity index (χ4v) is 3.09. The molecule has 3 rings (SSSR count). The van der Waals surface area contributed by atoms with Gasteiger partial charge in [0.15, 0.2) is 0 Å². The van der Waals surface area contributed by atoms with Gasteiger partial charge in [0.1, 0.15) is 0 Å². The van der Waals surface area contributed by atoms with E-state index in [1.54, 1.807) is 6.92 Å². The van der Waals surface area contributed by atoms with Gasteiger partial charge in [-0.1, -0.05) is 12.1 Å². The van der Waals surface area contributed by atoms with E-state index in [1.807, 2.05) is 4.90 Å². The molecule has 1 aromatic carbocycles. The number of nitrogens with zero attached hydrogens (tertiary/aromatic N) is 4. The molecule has 0 atom stereocenters. The van der Waals surface area contributed by atoms with Gasteiger partial charge < -0.3 is 14.2 Å². The first kappa shape index (κ1) is 16.5. The second-order valence-corrected chi connectivity index (χ2v) is 6.30. The van der Waals surface area contributed by atoms with Crippen LogP contribution in [0.5, 0.6) is 0 Å². The number of rotatable bonds is 4. The van der Waals surface area contributed by atoms with Crippen molar-refractivity contribution in [3.05, 3.63) is 41.1 Å². The predicted molar refractivity (Wildman–Crippen MR) is 92.1 cm³/mol. The number of hydrogen-bond acceptors (Lipinski definition) is 5. The van der Waals surface area contributed by atoms with Crippen molar-refractivity contribution in [1.82, 2.24) is 15.1 Å². The highest BCUT2D eigenvalue weighted by Crippen LogP contribution is 2.24. The smallest absolute Gasteiger partial charge is 0.223 e. The number of amides is 1. The second-order valence-electron chi connectivity index (χ2n) is 6.30. The maximum absolute atomic E-state index is 12.4. The first-order valence-corrected chi connectivity index (χ1v) is 8.42. The Kier molecular flexibility index (Phi) is 4.83. The van der Waals surface area contributed by atoms with Crippen molar-refractivity contribution in [3.63, 3.8) is 0 Å². The lowest BCUT2D eigenvalue weighted by Gasteiger charge is -2.37. The number of aryl methyl sites for hydroxylation is 3. The van der Waals surface area contributed by atoms with E-state index in [1.165, 1.54) is 16.8 Å². The summed E-state index contributed by atoms with van der Waals surface area (Å²) in [5.74, 6) is 1.24. The number of benzene rings is 1. The average Bonchev–Trinajstić information content (AvgIpc) is 3.01. The SMILES string of the molecule is Cc1nnc(CCC(=O)N2CCN(c3cccc(C)c3C)CC2)o1. The van der Waals surface area contributed by atoms with E-state index in [-0.39, 0.29) is 5.91 Å². The number of piperazine rings is 1. The summed E-state index contributed by atoms with van der Waals surface area (Å²) in [6, 6.07) is 6.40. The maximum atomic E-state index is 12.4. The van der Waals surface area contributed by atoms with Crippen LogP contribution in [-0.4, -0.2) is 47.2 Å². The third-order valence-electron chi connectivity index (χ3n) is 4.67. The van der Waals surface area contributed by atoms with Crippen LogP contribution in [0.2, 0.25) is 0 Å². The molecule has 0 radical (unpaired) electrons. The molecule has 1 aliphatic rings. The summed E-state index contributed by atoms with van der Waals surface area (Å²) in [5, 5.41) is 7.72. The van der Waals surface area contributed by atoms with Crippen molar-refractivity contribution >= 4 is 11.6 Å². The number of hydrogen-bond donors (Lipinski definition) is 0. The Morgan fingerprint density at radius 3 is 2.54 bits per heavy atom. The van der Waals surface area contributed by atoms with Gasteiger partial charge in [0.25, 0.3) is 0 Å². The number of anilines is 1. The number of carbonyl (C=O) groups is 1. The number of aromatic nitrogens is 2. The molecule has 24 heavy (non-hydrogen) atoms. The highest BCUT2D eigenvalue weighted by Gasteiger charge is 2.22. The van der Waals surface area contributed by atoms with Gasteiger partial charge in [0.05, 0.1) is 0 Å². The van der Waals surface area contributed by atoms with E-state index in [4.69, 9.17) is 4.42 Å².